The second kappa shape index (κ2) is 5.44. The molecule has 1 aromatic rings. The van der Waals surface area contributed by atoms with Gasteiger partial charge in [0.2, 0.25) is 10.0 Å². The second-order valence-electron chi connectivity index (χ2n) is 3.07. The molecule has 0 aromatic heterocycles. The SMILES string of the molecule is C#CCN(CC#N)S(=O)(=O)c1ccccc1F. The molecular formula is C11H9FN2O2S. The van der Waals surface area contributed by atoms with Crippen LogP contribution in [0.15, 0.2) is 29.2 Å². The van der Waals surface area contributed by atoms with Crippen LogP contribution in [-0.2, 0) is 10.0 Å². The molecule has 88 valence electrons. The van der Waals surface area contributed by atoms with Gasteiger partial charge in [-0.1, -0.05) is 18.1 Å². The average Bonchev–Trinajstić information content (AvgIpc) is 2.29. The van der Waals surface area contributed by atoms with E-state index in [2.05, 4.69) is 5.92 Å². The topological polar surface area (TPSA) is 61.2 Å². The first-order valence-corrected chi connectivity index (χ1v) is 6.03. The smallest absolute Gasteiger partial charge is 0.207 e. The number of nitriles is 1. The molecule has 0 aliphatic carbocycles. The van der Waals surface area contributed by atoms with Crippen LogP contribution in [-0.4, -0.2) is 25.8 Å². The van der Waals surface area contributed by atoms with Gasteiger partial charge in [-0.2, -0.15) is 9.57 Å². The molecule has 1 aromatic carbocycles. The van der Waals surface area contributed by atoms with Crippen LogP contribution in [0, 0.1) is 29.5 Å². The van der Waals surface area contributed by atoms with Crippen molar-refractivity contribution in [2.45, 2.75) is 4.90 Å². The predicted molar refractivity (Wildman–Crippen MR) is 59.6 cm³/mol. The first-order chi connectivity index (χ1) is 8.04. The first kappa shape index (κ1) is 13.2. The van der Waals surface area contributed by atoms with Gasteiger partial charge in [0.05, 0.1) is 12.6 Å². The highest BCUT2D eigenvalue weighted by Gasteiger charge is 2.26. The van der Waals surface area contributed by atoms with Crippen molar-refractivity contribution in [2.24, 2.45) is 0 Å². The lowest BCUT2D eigenvalue weighted by Gasteiger charge is -2.16. The van der Waals surface area contributed by atoms with Crippen LogP contribution in [0.5, 0.6) is 0 Å². The average molecular weight is 252 g/mol. The number of nitrogens with zero attached hydrogens (tertiary/aromatic N) is 2. The van der Waals surface area contributed by atoms with Gasteiger partial charge >= 0.3 is 0 Å². The fourth-order valence-corrected chi connectivity index (χ4v) is 2.51. The van der Waals surface area contributed by atoms with E-state index in [0.717, 1.165) is 16.4 Å². The van der Waals surface area contributed by atoms with E-state index in [0.29, 0.717) is 0 Å². The maximum atomic E-state index is 13.4. The van der Waals surface area contributed by atoms with Crippen molar-refractivity contribution in [1.82, 2.24) is 4.31 Å². The molecule has 0 aliphatic heterocycles. The van der Waals surface area contributed by atoms with Crippen molar-refractivity contribution in [2.75, 3.05) is 13.1 Å². The molecule has 1 rings (SSSR count). The van der Waals surface area contributed by atoms with Gasteiger partial charge in [-0.3, -0.25) is 0 Å². The highest BCUT2D eigenvalue weighted by atomic mass is 32.2. The van der Waals surface area contributed by atoms with Crippen LogP contribution in [0.1, 0.15) is 0 Å². The maximum Gasteiger partial charge on any atom is 0.247 e. The van der Waals surface area contributed by atoms with E-state index in [-0.39, 0.29) is 6.54 Å². The van der Waals surface area contributed by atoms with E-state index in [1.165, 1.54) is 12.1 Å². The van der Waals surface area contributed by atoms with Gasteiger partial charge in [0.1, 0.15) is 17.3 Å². The number of halogens is 1. The molecule has 0 amide bonds. The zero-order valence-corrected chi connectivity index (χ0v) is 9.61. The summed E-state index contributed by atoms with van der Waals surface area (Å²) in [6.45, 7) is -0.689. The van der Waals surface area contributed by atoms with Crippen molar-refractivity contribution in [1.29, 1.82) is 5.26 Å². The fraction of sp³-hybridized carbons (Fsp3) is 0.182. The van der Waals surface area contributed by atoms with Gasteiger partial charge < -0.3 is 0 Å². The molecule has 0 bridgehead atoms. The Labute approximate surface area is 99.3 Å². The van der Waals surface area contributed by atoms with Crippen LogP contribution in [0.4, 0.5) is 4.39 Å². The maximum absolute atomic E-state index is 13.4. The number of hydrogen-bond donors (Lipinski definition) is 0. The minimum atomic E-state index is -4.06. The van der Waals surface area contributed by atoms with Crippen molar-refractivity contribution in [3.05, 3.63) is 30.1 Å². The van der Waals surface area contributed by atoms with Crippen molar-refractivity contribution >= 4 is 10.0 Å². The minimum Gasteiger partial charge on any atom is -0.207 e. The molecule has 0 N–H and O–H groups in total. The quantitative estimate of drug-likeness (QED) is 0.592. The molecule has 4 nitrogen and oxygen atoms in total. The van der Waals surface area contributed by atoms with Gasteiger partial charge in [-0.05, 0) is 12.1 Å². The van der Waals surface area contributed by atoms with Crippen molar-refractivity contribution < 1.29 is 12.8 Å². The predicted octanol–water partition coefficient (Wildman–Crippen LogP) is 0.973. The summed E-state index contributed by atoms with van der Waals surface area (Å²) in [6.07, 6.45) is 5.01. The molecular weight excluding hydrogens is 243 g/mol. The molecule has 0 saturated heterocycles. The zero-order chi connectivity index (χ0) is 12.9. The summed E-state index contributed by atoms with van der Waals surface area (Å²) >= 11 is 0. The Kier molecular flexibility index (Phi) is 4.22. The highest BCUT2D eigenvalue weighted by molar-refractivity contribution is 7.89. The standard InChI is InChI=1S/C11H9FN2O2S/c1-2-8-14(9-7-13)17(15,16)11-6-4-3-5-10(11)12/h1,3-6H,8-9H2. The van der Waals surface area contributed by atoms with Crippen molar-refractivity contribution in [3.8, 4) is 18.4 Å². The molecule has 0 saturated carbocycles. The van der Waals surface area contributed by atoms with Gasteiger partial charge in [-0.25, -0.2) is 12.8 Å². The van der Waals surface area contributed by atoms with E-state index in [9.17, 15) is 12.8 Å². The molecule has 0 aliphatic rings. The normalized spacial score (nSPS) is 10.8. The molecule has 0 spiro atoms. The summed E-state index contributed by atoms with van der Waals surface area (Å²) in [5.41, 5.74) is 0. The number of hydrogen-bond acceptors (Lipinski definition) is 3. The Morgan fingerprint density at radius 3 is 2.53 bits per heavy atom. The molecule has 17 heavy (non-hydrogen) atoms. The Morgan fingerprint density at radius 2 is 2.00 bits per heavy atom. The molecule has 0 heterocycles. The Bertz CT molecular complexity index is 568. The van der Waals surface area contributed by atoms with Gasteiger partial charge in [0, 0.05) is 0 Å². The molecule has 0 unspecified atom stereocenters. The van der Waals surface area contributed by atoms with E-state index in [1.807, 2.05) is 0 Å². The van der Waals surface area contributed by atoms with Crippen LogP contribution in [0.25, 0.3) is 0 Å². The highest BCUT2D eigenvalue weighted by Crippen LogP contribution is 2.18. The molecule has 0 radical (unpaired) electrons. The molecule has 6 heteroatoms. The zero-order valence-electron chi connectivity index (χ0n) is 8.80. The largest absolute Gasteiger partial charge is 0.247 e. The van der Waals surface area contributed by atoms with Crippen molar-refractivity contribution in [3.63, 3.8) is 0 Å². The third kappa shape index (κ3) is 2.82. The summed E-state index contributed by atoms with van der Waals surface area (Å²) in [5.74, 6) is 1.25. The number of benzene rings is 1. The lowest BCUT2D eigenvalue weighted by molar-refractivity contribution is 0.473. The Balaban J connectivity index is 3.23. The molecule has 0 fully saturated rings. The lowest BCUT2D eigenvalue weighted by Crippen LogP contribution is -2.32. The van der Waals surface area contributed by atoms with Crippen LogP contribution in [0.2, 0.25) is 0 Å². The lowest BCUT2D eigenvalue weighted by atomic mass is 10.4. The Morgan fingerprint density at radius 1 is 1.35 bits per heavy atom. The third-order valence-corrected chi connectivity index (χ3v) is 3.79. The summed E-state index contributed by atoms with van der Waals surface area (Å²) in [7, 11) is -4.06. The number of rotatable bonds is 4. The summed E-state index contributed by atoms with van der Waals surface area (Å²) in [4.78, 5) is -0.481. The number of sulfonamides is 1. The van der Waals surface area contributed by atoms with E-state index in [1.54, 1.807) is 6.07 Å². The summed E-state index contributed by atoms with van der Waals surface area (Å²) in [5, 5.41) is 8.52. The van der Waals surface area contributed by atoms with E-state index < -0.39 is 27.3 Å². The second-order valence-corrected chi connectivity index (χ2v) is 4.97. The summed E-state index contributed by atoms with van der Waals surface area (Å²) in [6, 6.07) is 6.62. The minimum absolute atomic E-state index is 0.274. The first-order valence-electron chi connectivity index (χ1n) is 4.59. The fourth-order valence-electron chi connectivity index (χ4n) is 1.20. The van der Waals surface area contributed by atoms with Gasteiger partial charge in [-0.15, -0.1) is 6.42 Å². The van der Waals surface area contributed by atoms with Crippen LogP contribution < -0.4 is 0 Å². The van der Waals surface area contributed by atoms with Gasteiger partial charge in [0.25, 0.3) is 0 Å². The molecule has 0 atom stereocenters. The van der Waals surface area contributed by atoms with Crippen LogP contribution >= 0.6 is 0 Å². The van der Waals surface area contributed by atoms with Gasteiger partial charge in [0.15, 0.2) is 0 Å². The van der Waals surface area contributed by atoms with E-state index >= 15 is 0 Å². The third-order valence-electron chi connectivity index (χ3n) is 1.97. The van der Waals surface area contributed by atoms with Crippen LogP contribution in [0.3, 0.4) is 0 Å². The monoisotopic (exact) mass is 252 g/mol. The Hall–Kier alpha value is -1.89. The van der Waals surface area contributed by atoms with E-state index in [4.69, 9.17) is 11.7 Å². The summed E-state index contributed by atoms with van der Waals surface area (Å²) < 4.78 is 38.1. The number of terminal acetylenes is 1.